The van der Waals surface area contributed by atoms with Crippen molar-refractivity contribution in [2.24, 2.45) is 5.92 Å². The number of hydrogen-bond donors (Lipinski definition) is 0. The Bertz CT molecular complexity index is 541. The number of anilines is 1. The van der Waals surface area contributed by atoms with Crippen molar-refractivity contribution in [3.63, 3.8) is 0 Å². The van der Waals surface area contributed by atoms with Gasteiger partial charge in [0.05, 0.1) is 12.1 Å². The number of aldehydes is 1. The molecular formula is C15H14F3NO. The second-order valence-corrected chi connectivity index (χ2v) is 4.92. The fourth-order valence-electron chi connectivity index (χ4n) is 2.10. The SMILES string of the molecule is C#CCN(CC1CC1)c1ccc(C=O)cc1C(F)(F)F. The third-order valence-corrected chi connectivity index (χ3v) is 3.26. The van der Waals surface area contributed by atoms with E-state index < -0.39 is 11.7 Å². The molecule has 1 saturated carbocycles. The third kappa shape index (κ3) is 3.32. The number of carbonyl (C=O) groups excluding carboxylic acids is 1. The number of terminal acetylenes is 1. The standard InChI is InChI=1S/C15H14F3NO/c1-2-7-19(9-11-3-4-11)14-6-5-12(10-20)8-13(14)15(16,17)18/h1,5-6,8,10-11H,3-4,7,9H2. The fourth-order valence-corrected chi connectivity index (χ4v) is 2.10. The quantitative estimate of drug-likeness (QED) is 0.609. The van der Waals surface area contributed by atoms with E-state index >= 15 is 0 Å². The van der Waals surface area contributed by atoms with E-state index in [1.165, 1.54) is 12.1 Å². The Morgan fingerprint density at radius 3 is 2.60 bits per heavy atom. The fraction of sp³-hybridized carbons (Fsp3) is 0.400. The summed E-state index contributed by atoms with van der Waals surface area (Å²) in [7, 11) is 0. The molecule has 1 fully saturated rings. The molecule has 0 bridgehead atoms. The lowest BCUT2D eigenvalue weighted by Gasteiger charge is -2.26. The van der Waals surface area contributed by atoms with Crippen LogP contribution >= 0.6 is 0 Å². The minimum Gasteiger partial charge on any atom is -0.360 e. The van der Waals surface area contributed by atoms with Gasteiger partial charge in [0.25, 0.3) is 0 Å². The molecule has 0 N–H and O–H groups in total. The zero-order valence-electron chi connectivity index (χ0n) is 10.8. The van der Waals surface area contributed by atoms with Gasteiger partial charge in [-0.1, -0.05) is 5.92 Å². The van der Waals surface area contributed by atoms with E-state index in [1.54, 1.807) is 4.90 Å². The maximum atomic E-state index is 13.1. The van der Waals surface area contributed by atoms with E-state index in [2.05, 4.69) is 5.92 Å². The average Bonchev–Trinajstić information content (AvgIpc) is 3.20. The van der Waals surface area contributed by atoms with Gasteiger partial charge in [-0.05, 0) is 37.0 Å². The van der Waals surface area contributed by atoms with Crippen molar-refractivity contribution in [2.75, 3.05) is 18.0 Å². The smallest absolute Gasteiger partial charge is 0.360 e. The van der Waals surface area contributed by atoms with Crippen molar-refractivity contribution in [3.8, 4) is 12.3 Å². The molecule has 0 atom stereocenters. The Morgan fingerprint density at radius 1 is 1.40 bits per heavy atom. The summed E-state index contributed by atoms with van der Waals surface area (Å²) in [5, 5.41) is 0. The van der Waals surface area contributed by atoms with Crippen LogP contribution in [0.3, 0.4) is 0 Å². The number of alkyl halides is 3. The zero-order chi connectivity index (χ0) is 14.8. The Morgan fingerprint density at radius 2 is 2.10 bits per heavy atom. The molecule has 1 aliphatic rings. The van der Waals surface area contributed by atoms with Crippen molar-refractivity contribution >= 4 is 12.0 Å². The lowest BCUT2D eigenvalue weighted by Crippen LogP contribution is -2.28. The maximum Gasteiger partial charge on any atom is 0.418 e. The third-order valence-electron chi connectivity index (χ3n) is 3.26. The Kier molecular flexibility index (Phi) is 4.03. The Hall–Kier alpha value is -1.96. The minimum absolute atomic E-state index is 0.00755. The first kappa shape index (κ1) is 14.4. The average molecular weight is 281 g/mol. The highest BCUT2D eigenvalue weighted by Crippen LogP contribution is 2.39. The van der Waals surface area contributed by atoms with Crippen molar-refractivity contribution in [1.82, 2.24) is 0 Å². The molecule has 1 aromatic carbocycles. The van der Waals surface area contributed by atoms with Gasteiger partial charge < -0.3 is 4.90 Å². The predicted molar refractivity (Wildman–Crippen MR) is 70.6 cm³/mol. The van der Waals surface area contributed by atoms with Gasteiger partial charge >= 0.3 is 6.18 Å². The van der Waals surface area contributed by atoms with E-state index in [-0.39, 0.29) is 17.8 Å². The molecular weight excluding hydrogens is 267 g/mol. The van der Waals surface area contributed by atoms with E-state index in [1.807, 2.05) is 0 Å². The van der Waals surface area contributed by atoms with Gasteiger partial charge in [-0.3, -0.25) is 4.79 Å². The molecule has 106 valence electrons. The lowest BCUT2D eigenvalue weighted by molar-refractivity contribution is -0.137. The first-order valence-corrected chi connectivity index (χ1v) is 6.30. The van der Waals surface area contributed by atoms with E-state index in [0.29, 0.717) is 18.7 Å². The highest BCUT2D eigenvalue weighted by Gasteiger charge is 2.36. The van der Waals surface area contributed by atoms with Crippen LogP contribution in [0.25, 0.3) is 0 Å². The van der Waals surface area contributed by atoms with Crippen molar-refractivity contribution in [3.05, 3.63) is 29.3 Å². The molecule has 0 spiro atoms. The van der Waals surface area contributed by atoms with Gasteiger partial charge in [-0.15, -0.1) is 6.42 Å². The topological polar surface area (TPSA) is 20.3 Å². The van der Waals surface area contributed by atoms with Crippen LogP contribution in [-0.4, -0.2) is 19.4 Å². The molecule has 2 rings (SSSR count). The Balaban J connectivity index is 2.41. The summed E-state index contributed by atoms with van der Waals surface area (Å²) in [4.78, 5) is 12.2. The van der Waals surface area contributed by atoms with E-state index in [0.717, 1.165) is 18.9 Å². The number of halogens is 3. The van der Waals surface area contributed by atoms with Gasteiger partial charge in [0.1, 0.15) is 6.29 Å². The number of hydrogen-bond acceptors (Lipinski definition) is 2. The molecule has 0 aliphatic heterocycles. The van der Waals surface area contributed by atoms with Gasteiger partial charge in [0, 0.05) is 17.8 Å². The number of benzene rings is 1. The summed E-state index contributed by atoms with van der Waals surface area (Å²) in [5.74, 6) is 2.81. The van der Waals surface area contributed by atoms with E-state index in [9.17, 15) is 18.0 Å². The summed E-state index contributed by atoms with van der Waals surface area (Å²) < 4.78 is 39.4. The number of rotatable bonds is 5. The molecule has 0 aromatic heterocycles. The molecule has 0 amide bonds. The second kappa shape index (κ2) is 5.58. The lowest BCUT2D eigenvalue weighted by atomic mass is 10.1. The van der Waals surface area contributed by atoms with Crippen LogP contribution in [0.15, 0.2) is 18.2 Å². The zero-order valence-corrected chi connectivity index (χ0v) is 10.8. The largest absolute Gasteiger partial charge is 0.418 e. The van der Waals surface area contributed by atoms with Crippen molar-refractivity contribution in [1.29, 1.82) is 0 Å². The predicted octanol–water partition coefficient (Wildman–Crippen LogP) is 3.37. The molecule has 1 aromatic rings. The van der Waals surface area contributed by atoms with Crippen LogP contribution in [0, 0.1) is 18.3 Å². The van der Waals surface area contributed by atoms with Gasteiger partial charge in [0.15, 0.2) is 0 Å². The molecule has 0 unspecified atom stereocenters. The van der Waals surface area contributed by atoms with Gasteiger partial charge in [-0.25, -0.2) is 0 Å². The number of carbonyl (C=O) groups is 1. The minimum atomic E-state index is -4.51. The first-order valence-electron chi connectivity index (χ1n) is 6.30. The molecule has 5 heteroatoms. The highest BCUT2D eigenvalue weighted by atomic mass is 19.4. The molecule has 1 aliphatic carbocycles. The summed E-state index contributed by atoms with van der Waals surface area (Å²) in [6.07, 6.45) is 3.19. The van der Waals surface area contributed by atoms with Gasteiger partial charge in [-0.2, -0.15) is 13.2 Å². The summed E-state index contributed by atoms with van der Waals surface area (Å²) >= 11 is 0. The van der Waals surface area contributed by atoms with E-state index in [4.69, 9.17) is 6.42 Å². The maximum absolute atomic E-state index is 13.1. The summed E-state index contributed by atoms with van der Waals surface area (Å²) in [5.41, 5.74) is -0.751. The van der Waals surface area contributed by atoms with Crippen molar-refractivity contribution in [2.45, 2.75) is 19.0 Å². The Labute approximate surface area is 115 Å². The molecule has 0 radical (unpaired) electrons. The van der Waals surface area contributed by atoms with Crippen LogP contribution < -0.4 is 4.90 Å². The van der Waals surface area contributed by atoms with Gasteiger partial charge in [0.2, 0.25) is 0 Å². The molecule has 0 heterocycles. The van der Waals surface area contributed by atoms with Crippen LogP contribution in [0.2, 0.25) is 0 Å². The van der Waals surface area contributed by atoms with Crippen LogP contribution in [-0.2, 0) is 6.18 Å². The second-order valence-electron chi connectivity index (χ2n) is 4.92. The first-order chi connectivity index (χ1) is 9.45. The number of nitrogens with zero attached hydrogens (tertiary/aromatic N) is 1. The summed E-state index contributed by atoms with van der Waals surface area (Å²) in [6, 6.07) is 3.58. The highest BCUT2D eigenvalue weighted by molar-refractivity contribution is 5.77. The molecule has 0 saturated heterocycles. The monoisotopic (exact) mass is 281 g/mol. The molecule has 20 heavy (non-hydrogen) atoms. The van der Waals surface area contributed by atoms with Crippen LogP contribution in [0.1, 0.15) is 28.8 Å². The van der Waals surface area contributed by atoms with Crippen LogP contribution in [0.4, 0.5) is 18.9 Å². The van der Waals surface area contributed by atoms with Crippen molar-refractivity contribution < 1.29 is 18.0 Å². The summed E-state index contributed by atoms with van der Waals surface area (Å²) in [6.45, 7) is 0.647. The van der Waals surface area contributed by atoms with Crippen LogP contribution in [0.5, 0.6) is 0 Å². The molecule has 2 nitrogen and oxygen atoms in total. The normalized spacial score (nSPS) is 14.7.